The zero-order valence-electron chi connectivity index (χ0n) is 8.31. The van der Waals surface area contributed by atoms with Gasteiger partial charge >= 0.3 is 5.97 Å². The predicted octanol–water partition coefficient (Wildman–Crippen LogP) is 1.84. The molecule has 0 bridgehead atoms. The molecule has 2 aromatic rings. The summed E-state index contributed by atoms with van der Waals surface area (Å²) in [6.07, 6.45) is 0.699. The van der Waals surface area contributed by atoms with Crippen molar-refractivity contribution in [2.24, 2.45) is 7.05 Å². The van der Waals surface area contributed by atoms with E-state index < -0.39 is 5.97 Å². The Bertz CT molecular complexity index is 538. The number of thiophene rings is 1. The number of carbonyl (C=O) groups excluding carboxylic acids is 2. The first-order chi connectivity index (χ1) is 7.20. The van der Waals surface area contributed by atoms with Crippen LogP contribution in [0, 0.1) is 0 Å². The first-order valence-electron chi connectivity index (χ1n) is 4.30. The van der Waals surface area contributed by atoms with Gasteiger partial charge in [-0.25, -0.2) is 4.79 Å². The van der Waals surface area contributed by atoms with Crippen LogP contribution in [0.5, 0.6) is 0 Å². The Labute approximate surface area is 90.1 Å². The van der Waals surface area contributed by atoms with Gasteiger partial charge in [-0.2, -0.15) is 0 Å². The van der Waals surface area contributed by atoms with Crippen LogP contribution in [-0.2, 0) is 11.8 Å². The Morgan fingerprint density at radius 1 is 1.60 bits per heavy atom. The molecule has 5 heteroatoms. The van der Waals surface area contributed by atoms with E-state index in [1.54, 1.807) is 11.6 Å². The van der Waals surface area contributed by atoms with Crippen LogP contribution in [0.2, 0.25) is 0 Å². The number of aldehydes is 1. The van der Waals surface area contributed by atoms with E-state index >= 15 is 0 Å². The minimum Gasteiger partial charge on any atom is -0.464 e. The Kier molecular flexibility index (Phi) is 2.32. The van der Waals surface area contributed by atoms with Gasteiger partial charge in [0.05, 0.1) is 22.9 Å². The third kappa shape index (κ3) is 1.27. The third-order valence-electron chi connectivity index (χ3n) is 2.34. The summed E-state index contributed by atoms with van der Waals surface area (Å²) < 4.78 is 7.15. The second-order valence-electron chi connectivity index (χ2n) is 3.07. The van der Waals surface area contributed by atoms with Gasteiger partial charge in [-0.3, -0.25) is 4.79 Å². The maximum absolute atomic E-state index is 11.5. The number of ether oxygens (including phenoxy) is 1. The fraction of sp³-hybridized carbons (Fsp3) is 0.200. The van der Waals surface area contributed by atoms with Crippen LogP contribution in [0.25, 0.3) is 10.2 Å². The van der Waals surface area contributed by atoms with E-state index in [1.165, 1.54) is 18.4 Å². The molecule has 0 atom stereocenters. The minimum atomic E-state index is -0.483. The molecule has 15 heavy (non-hydrogen) atoms. The van der Waals surface area contributed by atoms with Gasteiger partial charge in [0.2, 0.25) is 0 Å². The van der Waals surface area contributed by atoms with Gasteiger partial charge in [-0.15, -0.1) is 11.3 Å². The Morgan fingerprint density at radius 2 is 2.33 bits per heavy atom. The third-order valence-corrected chi connectivity index (χ3v) is 3.27. The van der Waals surface area contributed by atoms with E-state index in [-0.39, 0.29) is 0 Å². The maximum atomic E-state index is 11.5. The topological polar surface area (TPSA) is 48.3 Å². The smallest absolute Gasteiger partial charge is 0.355 e. The van der Waals surface area contributed by atoms with Gasteiger partial charge in [0.25, 0.3) is 0 Å². The van der Waals surface area contributed by atoms with Crippen molar-refractivity contribution in [3.63, 3.8) is 0 Å². The highest BCUT2D eigenvalue weighted by molar-refractivity contribution is 7.17. The van der Waals surface area contributed by atoms with E-state index in [0.717, 1.165) is 10.2 Å². The summed E-state index contributed by atoms with van der Waals surface area (Å²) in [6.45, 7) is 0. The van der Waals surface area contributed by atoms with Crippen molar-refractivity contribution in [1.82, 2.24) is 4.57 Å². The minimum absolute atomic E-state index is 0.314. The highest BCUT2D eigenvalue weighted by atomic mass is 32.1. The average molecular weight is 223 g/mol. The first-order valence-corrected chi connectivity index (χ1v) is 5.18. The number of fused-ring (bicyclic) bond motifs is 1. The maximum Gasteiger partial charge on any atom is 0.355 e. The number of aromatic nitrogens is 1. The van der Waals surface area contributed by atoms with Gasteiger partial charge in [0.15, 0.2) is 6.29 Å². The molecule has 4 nitrogen and oxygen atoms in total. The van der Waals surface area contributed by atoms with Crippen LogP contribution < -0.4 is 0 Å². The molecular weight excluding hydrogens is 214 g/mol. The Hall–Kier alpha value is -1.62. The summed E-state index contributed by atoms with van der Waals surface area (Å²) in [5.74, 6) is -0.483. The molecule has 0 aliphatic heterocycles. The van der Waals surface area contributed by atoms with Gasteiger partial charge in [-0.1, -0.05) is 0 Å². The number of aryl methyl sites for hydroxylation is 1. The second kappa shape index (κ2) is 3.51. The normalized spacial score (nSPS) is 10.5. The molecule has 0 radical (unpaired) electrons. The molecule has 0 spiro atoms. The van der Waals surface area contributed by atoms with Crippen molar-refractivity contribution in [3.8, 4) is 0 Å². The summed E-state index contributed by atoms with van der Waals surface area (Å²) in [5, 5.41) is 1.89. The molecule has 0 fully saturated rings. The number of hydrogen-bond donors (Lipinski definition) is 0. The van der Waals surface area contributed by atoms with Crippen LogP contribution in [0.3, 0.4) is 0 Å². The van der Waals surface area contributed by atoms with Crippen molar-refractivity contribution < 1.29 is 14.3 Å². The lowest BCUT2D eigenvalue weighted by molar-refractivity contribution is 0.0588. The summed E-state index contributed by atoms with van der Waals surface area (Å²) in [7, 11) is 3.05. The number of rotatable bonds is 2. The second-order valence-corrected chi connectivity index (χ2v) is 3.98. The monoisotopic (exact) mass is 223 g/mol. The summed E-state index contributed by atoms with van der Waals surface area (Å²) in [5.41, 5.74) is 1.60. The fourth-order valence-corrected chi connectivity index (χ4v) is 2.56. The number of esters is 1. The molecule has 78 valence electrons. The largest absolute Gasteiger partial charge is 0.464 e. The SMILES string of the molecule is COC(=O)c1c(C=O)c2sccc2n1C. The molecule has 0 N–H and O–H groups in total. The van der Waals surface area contributed by atoms with Gasteiger partial charge in [0.1, 0.15) is 5.69 Å². The molecule has 0 aliphatic carbocycles. The molecule has 0 aliphatic rings. The molecule has 2 heterocycles. The summed E-state index contributed by atoms with van der Waals surface area (Å²) in [4.78, 5) is 22.4. The predicted molar refractivity (Wildman–Crippen MR) is 57.5 cm³/mol. The number of nitrogens with zero attached hydrogens (tertiary/aromatic N) is 1. The molecule has 2 rings (SSSR count). The highest BCUT2D eigenvalue weighted by Gasteiger charge is 2.21. The summed E-state index contributed by atoms with van der Waals surface area (Å²) in [6, 6.07) is 1.87. The quantitative estimate of drug-likeness (QED) is 0.576. The fourth-order valence-electron chi connectivity index (χ4n) is 1.63. The van der Waals surface area contributed by atoms with Crippen molar-refractivity contribution in [1.29, 1.82) is 0 Å². The van der Waals surface area contributed by atoms with Crippen molar-refractivity contribution >= 4 is 33.8 Å². The Morgan fingerprint density at radius 3 is 2.93 bits per heavy atom. The van der Waals surface area contributed by atoms with Crippen LogP contribution >= 0.6 is 11.3 Å². The van der Waals surface area contributed by atoms with Crippen LogP contribution in [-0.4, -0.2) is 23.9 Å². The lowest BCUT2D eigenvalue weighted by Crippen LogP contribution is -2.09. The van der Waals surface area contributed by atoms with E-state index in [2.05, 4.69) is 4.74 Å². The van der Waals surface area contributed by atoms with E-state index in [1.807, 2.05) is 11.4 Å². The van der Waals surface area contributed by atoms with E-state index in [4.69, 9.17) is 0 Å². The average Bonchev–Trinajstić information content (AvgIpc) is 2.79. The molecule has 0 aromatic carbocycles. The molecule has 0 saturated heterocycles. The zero-order valence-corrected chi connectivity index (χ0v) is 9.13. The van der Waals surface area contributed by atoms with Gasteiger partial charge < -0.3 is 9.30 Å². The lowest BCUT2D eigenvalue weighted by Gasteiger charge is -2.01. The zero-order chi connectivity index (χ0) is 11.0. The number of methoxy groups -OCH3 is 1. The standard InChI is InChI=1S/C10H9NO3S/c1-11-7-3-4-15-9(7)6(5-12)8(11)10(13)14-2/h3-5H,1-2H3. The van der Waals surface area contributed by atoms with Crippen LogP contribution in [0.4, 0.5) is 0 Å². The molecule has 0 amide bonds. The molecule has 0 saturated carbocycles. The van der Waals surface area contributed by atoms with E-state index in [9.17, 15) is 9.59 Å². The van der Waals surface area contributed by atoms with E-state index in [0.29, 0.717) is 17.5 Å². The molecule has 2 aromatic heterocycles. The highest BCUT2D eigenvalue weighted by Crippen LogP contribution is 2.29. The first kappa shape index (κ1) is 9.92. The van der Waals surface area contributed by atoms with Crippen LogP contribution in [0.1, 0.15) is 20.8 Å². The van der Waals surface area contributed by atoms with Crippen LogP contribution in [0.15, 0.2) is 11.4 Å². The molecular formula is C10H9NO3S. The Balaban J connectivity index is 2.81. The summed E-state index contributed by atoms with van der Waals surface area (Å²) >= 11 is 1.44. The van der Waals surface area contributed by atoms with Crippen molar-refractivity contribution in [2.45, 2.75) is 0 Å². The van der Waals surface area contributed by atoms with Gasteiger partial charge in [0, 0.05) is 7.05 Å². The number of hydrogen-bond acceptors (Lipinski definition) is 4. The van der Waals surface area contributed by atoms with Gasteiger partial charge in [-0.05, 0) is 11.4 Å². The lowest BCUT2D eigenvalue weighted by atomic mass is 10.2. The number of carbonyl (C=O) groups is 2. The van der Waals surface area contributed by atoms with Crippen molar-refractivity contribution in [2.75, 3.05) is 7.11 Å². The van der Waals surface area contributed by atoms with Crippen molar-refractivity contribution in [3.05, 3.63) is 22.7 Å². The molecule has 0 unspecified atom stereocenters.